The molecule has 2 atom stereocenters. The summed E-state index contributed by atoms with van der Waals surface area (Å²) in [6, 6.07) is 10.7. The van der Waals surface area contributed by atoms with Crippen LogP contribution in [0.25, 0.3) is 0 Å². The van der Waals surface area contributed by atoms with Crippen LogP contribution in [0.3, 0.4) is 0 Å². The largest absolute Gasteiger partial charge is 0.193 e. The van der Waals surface area contributed by atoms with Crippen LogP contribution in [0.4, 0.5) is 0 Å². The third kappa shape index (κ3) is 0.790. The lowest BCUT2D eigenvalue weighted by Gasteiger charge is -2.21. The summed E-state index contributed by atoms with van der Waals surface area (Å²) < 4.78 is -0.178. The molecule has 0 saturated heterocycles. The lowest BCUT2D eigenvalue weighted by Crippen LogP contribution is -2.14. The number of alkyl halides is 1. The molecule has 0 amide bonds. The second-order valence-corrected chi connectivity index (χ2v) is 5.24. The van der Waals surface area contributed by atoms with Crippen molar-refractivity contribution in [3.63, 3.8) is 0 Å². The number of hydrogen-bond acceptors (Lipinski definition) is 1. The molecule has 0 aliphatic heterocycles. The highest BCUT2D eigenvalue weighted by Crippen LogP contribution is 2.59. The van der Waals surface area contributed by atoms with Crippen LogP contribution in [0, 0.1) is 11.3 Å². The topological polar surface area (TPSA) is 23.8 Å². The highest BCUT2D eigenvalue weighted by molar-refractivity contribution is 9.09. The first-order valence-corrected chi connectivity index (χ1v) is 5.46. The first-order chi connectivity index (χ1) is 6.75. The molecule has 0 radical (unpaired) electrons. The van der Waals surface area contributed by atoms with E-state index in [4.69, 9.17) is 5.26 Å². The zero-order chi connectivity index (χ0) is 9.76. The number of rotatable bonds is 0. The number of nitrogens with zero attached hydrogens (tertiary/aromatic N) is 1. The predicted octanol–water partition coefficient (Wildman–Crippen LogP) is 3.23. The van der Waals surface area contributed by atoms with Gasteiger partial charge in [-0.25, -0.2) is 0 Å². The van der Waals surface area contributed by atoms with E-state index in [1.807, 2.05) is 6.07 Å². The summed E-state index contributed by atoms with van der Waals surface area (Å²) in [6.45, 7) is 0. The van der Waals surface area contributed by atoms with Crippen LogP contribution in [0.5, 0.6) is 0 Å². The monoisotopic (exact) mass is 245 g/mol. The van der Waals surface area contributed by atoms with E-state index in [-0.39, 0.29) is 4.32 Å². The van der Waals surface area contributed by atoms with Gasteiger partial charge in [0.15, 0.2) is 0 Å². The molecule has 2 unspecified atom stereocenters. The molecule has 0 spiro atoms. The van der Waals surface area contributed by atoms with Crippen LogP contribution >= 0.6 is 15.9 Å². The molecule has 0 saturated carbocycles. The molecule has 2 heteroatoms. The van der Waals surface area contributed by atoms with Gasteiger partial charge in [-0.3, -0.25) is 0 Å². The minimum absolute atomic E-state index is 0.178. The van der Waals surface area contributed by atoms with E-state index in [2.05, 4.69) is 46.3 Å². The average molecular weight is 246 g/mol. The maximum Gasteiger partial charge on any atom is 0.0962 e. The third-order valence-electron chi connectivity index (χ3n) is 3.20. The molecule has 1 aromatic rings. The molecule has 68 valence electrons. The first kappa shape index (κ1) is 8.26. The van der Waals surface area contributed by atoms with Gasteiger partial charge in [-0.15, -0.1) is 0 Å². The molecule has 1 aromatic carbocycles. The zero-order valence-corrected chi connectivity index (χ0v) is 9.08. The normalized spacial score (nSPS) is 32.3. The summed E-state index contributed by atoms with van der Waals surface area (Å²) in [7, 11) is 0. The molecule has 0 fully saturated rings. The SMILES string of the molecule is N#CC1=CC2CC1(Br)c1ccccc12. The fourth-order valence-corrected chi connectivity index (χ4v) is 3.50. The quantitative estimate of drug-likeness (QED) is 0.644. The van der Waals surface area contributed by atoms with Crippen molar-refractivity contribution in [1.82, 2.24) is 0 Å². The number of halogens is 1. The average Bonchev–Trinajstić information content (AvgIpc) is 2.69. The Morgan fingerprint density at radius 3 is 3.00 bits per heavy atom. The van der Waals surface area contributed by atoms with Gasteiger partial charge in [0.25, 0.3) is 0 Å². The standard InChI is InChI=1S/C12H8BrN/c13-12-6-8(5-9(12)7-14)10-3-1-2-4-11(10)12/h1-5,8H,6H2. The molecule has 0 N–H and O–H groups in total. The lowest BCUT2D eigenvalue weighted by molar-refractivity contribution is 0.753. The van der Waals surface area contributed by atoms with Gasteiger partial charge >= 0.3 is 0 Å². The highest BCUT2D eigenvalue weighted by atomic mass is 79.9. The van der Waals surface area contributed by atoms with Crippen LogP contribution in [0.2, 0.25) is 0 Å². The summed E-state index contributed by atoms with van der Waals surface area (Å²) >= 11 is 3.72. The number of hydrogen-bond donors (Lipinski definition) is 0. The molecule has 0 heterocycles. The molecule has 0 aromatic heterocycles. The fraction of sp³-hybridized carbons (Fsp3) is 0.250. The van der Waals surface area contributed by atoms with Crippen LogP contribution in [0.1, 0.15) is 23.5 Å². The highest BCUT2D eigenvalue weighted by Gasteiger charge is 2.48. The van der Waals surface area contributed by atoms with E-state index in [1.54, 1.807) is 0 Å². The predicted molar refractivity (Wildman–Crippen MR) is 58.1 cm³/mol. The number of benzene rings is 1. The Balaban J connectivity index is 2.28. The first-order valence-electron chi connectivity index (χ1n) is 4.66. The van der Waals surface area contributed by atoms with Crippen LogP contribution in [-0.2, 0) is 4.32 Å². The van der Waals surface area contributed by atoms with E-state index >= 15 is 0 Å². The molecule has 14 heavy (non-hydrogen) atoms. The number of allylic oxidation sites excluding steroid dienone is 2. The molecule has 2 aliphatic carbocycles. The summed E-state index contributed by atoms with van der Waals surface area (Å²) in [5.74, 6) is 0.445. The third-order valence-corrected chi connectivity index (χ3v) is 4.38. The van der Waals surface area contributed by atoms with Crippen molar-refractivity contribution in [3.05, 3.63) is 47.0 Å². The van der Waals surface area contributed by atoms with Crippen LogP contribution < -0.4 is 0 Å². The zero-order valence-electron chi connectivity index (χ0n) is 7.50. The van der Waals surface area contributed by atoms with Crippen molar-refractivity contribution in [2.24, 2.45) is 0 Å². The van der Waals surface area contributed by atoms with Gasteiger partial charge < -0.3 is 0 Å². The van der Waals surface area contributed by atoms with Gasteiger partial charge in [-0.05, 0) is 17.5 Å². The summed E-state index contributed by atoms with van der Waals surface area (Å²) in [5, 5.41) is 9.03. The van der Waals surface area contributed by atoms with Gasteiger partial charge in [-0.1, -0.05) is 46.3 Å². The van der Waals surface area contributed by atoms with Crippen molar-refractivity contribution in [2.75, 3.05) is 0 Å². The van der Waals surface area contributed by atoms with E-state index in [0.29, 0.717) is 5.92 Å². The molecule has 3 rings (SSSR count). The van der Waals surface area contributed by atoms with Gasteiger partial charge in [0.2, 0.25) is 0 Å². The lowest BCUT2D eigenvalue weighted by atomic mass is 9.92. The summed E-state index contributed by atoms with van der Waals surface area (Å²) in [4.78, 5) is 0. The van der Waals surface area contributed by atoms with Gasteiger partial charge in [0.05, 0.1) is 10.4 Å². The van der Waals surface area contributed by atoms with E-state index < -0.39 is 0 Å². The van der Waals surface area contributed by atoms with Crippen molar-refractivity contribution >= 4 is 15.9 Å². The van der Waals surface area contributed by atoms with Gasteiger partial charge in [0.1, 0.15) is 0 Å². The Morgan fingerprint density at radius 2 is 2.21 bits per heavy atom. The second kappa shape index (κ2) is 2.49. The van der Waals surface area contributed by atoms with E-state index in [1.165, 1.54) is 11.1 Å². The Hall–Kier alpha value is -1.07. The number of nitriles is 1. The minimum Gasteiger partial charge on any atom is -0.193 e. The van der Waals surface area contributed by atoms with Crippen molar-refractivity contribution in [2.45, 2.75) is 16.7 Å². The molecule has 2 aliphatic rings. The summed E-state index contributed by atoms with van der Waals surface area (Å²) in [5.41, 5.74) is 3.54. The Kier molecular flexibility index (Phi) is 1.47. The molecule has 2 bridgehead atoms. The summed E-state index contributed by atoms with van der Waals surface area (Å²) in [6.07, 6.45) is 3.10. The van der Waals surface area contributed by atoms with E-state index in [0.717, 1.165) is 12.0 Å². The maximum atomic E-state index is 9.03. The van der Waals surface area contributed by atoms with Crippen molar-refractivity contribution in [1.29, 1.82) is 5.26 Å². The Labute approximate surface area is 91.2 Å². The number of fused-ring (bicyclic) bond motifs is 5. The Bertz CT molecular complexity index is 483. The van der Waals surface area contributed by atoms with Gasteiger partial charge in [-0.2, -0.15) is 5.26 Å². The molecular weight excluding hydrogens is 238 g/mol. The maximum absolute atomic E-state index is 9.03. The smallest absolute Gasteiger partial charge is 0.0962 e. The van der Waals surface area contributed by atoms with Gasteiger partial charge in [0, 0.05) is 11.5 Å². The van der Waals surface area contributed by atoms with Crippen LogP contribution in [-0.4, -0.2) is 0 Å². The van der Waals surface area contributed by atoms with Crippen molar-refractivity contribution < 1.29 is 0 Å². The van der Waals surface area contributed by atoms with E-state index in [9.17, 15) is 0 Å². The minimum atomic E-state index is -0.178. The molecule has 1 nitrogen and oxygen atoms in total. The fourth-order valence-electron chi connectivity index (χ4n) is 2.57. The van der Waals surface area contributed by atoms with Crippen LogP contribution in [0.15, 0.2) is 35.9 Å². The van der Waals surface area contributed by atoms with Crippen molar-refractivity contribution in [3.8, 4) is 6.07 Å². The molecular formula is C12H8BrN. The second-order valence-electron chi connectivity index (χ2n) is 3.89. The Morgan fingerprint density at radius 1 is 1.43 bits per heavy atom.